The van der Waals surface area contributed by atoms with Gasteiger partial charge in [-0.1, -0.05) is 23.1 Å². The summed E-state index contributed by atoms with van der Waals surface area (Å²) >= 11 is 4.00. The summed E-state index contributed by atoms with van der Waals surface area (Å²) in [5, 5.41) is 12.2. The monoisotopic (exact) mass is 477 g/mol. The van der Waals surface area contributed by atoms with Crippen LogP contribution in [0.3, 0.4) is 0 Å². The van der Waals surface area contributed by atoms with E-state index in [0.717, 1.165) is 22.9 Å². The molecule has 0 bridgehead atoms. The van der Waals surface area contributed by atoms with Crippen LogP contribution in [0.25, 0.3) is 5.69 Å². The van der Waals surface area contributed by atoms with E-state index in [1.807, 2.05) is 6.92 Å². The zero-order valence-corrected chi connectivity index (χ0v) is 19.4. The number of rotatable bonds is 7. The summed E-state index contributed by atoms with van der Waals surface area (Å²) < 4.78 is 12.2. The van der Waals surface area contributed by atoms with E-state index in [2.05, 4.69) is 15.5 Å². The van der Waals surface area contributed by atoms with Crippen LogP contribution >= 0.6 is 34.9 Å². The van der Waals surface area contributed by atoms with E-state index in [9.17, 15) is 9.59 Å². The van der Waals surface area contributed by atoms with Crippen molar-refractivity contribution in [2.24, 2.45) is 0 Å². The first-order valence-electron chi connectivity index (χ1n) is 9.24. The first-order valence-corrected chi connectivity index (χ1v) is 12.0. The number of nitrogens with zero attached hydrogens (tertiary/aromatic N) is 4. The Bertz CT molecular complexity index is 1190. The number of aryl methyl sites for hydroxylation is 2. The quantitative estimate of drug-likeness (QED) is 0.406. The van der Waals surface area contributed by atoms with E-state index in [1.54, 1.807) is 25.3 Å². The largest absolute Gasteiger partial charge is 0.493 e. The summed E-state index contributed by atoms with van der Waals surface area (Å²) in [6, 6.07) is 5.23. The van der Waals surface area contributed by atoms with Gasteiger partial charge in [0.05, 0.1) is 36.2 Å². The molecule has 12 heteroatoms. The minimum atomic E-state index is -0.246. The highest BCUT2D eigenvalue weighted by atomic mass is 32.2. The Morgan fingerprint density at radius 2 is 2.06 bits per heavy atom. The number of fused-ring (bicyclic) bond motifs is 1. The van der Waals surface area contributed by atoms with Gasteiger partial charge in [0, 0.05) is 18.2 Å². The minimum Gasteiger partial charge on any atom is -0.493 e. The van der Waals surface area contributed by atoms with Crippen molar-refractivity contribution in [1.82, 2.24) is 19.7 Å². The lowest BCUT2D eigenvalue weighted by Crippen LogP contribution is -2.24. The second-order valence-corrected chi connectivity index (χ2v) is 9.64. The fraction of sp³-hybridized carbons (Fsp3) is 0.316. The van der Waals surface area contributed by atoms with Crippen molar-refractivity contribution in [2.75, 3.05) is 31.0 Å². The van der Waals surface area contributed by atoms with Gasteiger partial charge in [-0.2, -0.15) is 0 Å². The van der Waals surface area contributed by atoms with E-state index in [0.29, 0.717) is 32.4 Å². The minimum absolute atomic E-state index is 0.0737. The van der Waals surface area contributed by atoms with Crippen LogP contribution in [0, 0.1) is 6.92 Å². The normalized spacial score (nSPS) is 12.5. The van der Waals surface area contributed by atoms with Crippen LogP contribution in [-0.2, 0) is 11.2 Å². The number of methoxy groups -OCH3 is 2. The summed E-state index contributed by atoms with van der Waals surface area (Å²) in [5.74, 6) is 1.70. The number of hydrogen-bond donors (Lipinski definition) is 1. The van der Waals surface area contributed by atoms with Crippen molar-refractivity contribution < 1.29 is 14.3 Å². The van der Waals surface area contributed by atoms with Crippen LogP contribution in [0.4, 0.5) is 5.13 Å². The maximum absolute atomic E-state index is 13.3. The van der Waals surface area contributed by atoms with Crippen LogP contribution in [0.1, 0.15) is 10.7 Å². The van der Waals surface area contributed by atoms with Gasteiger partial charge >= 0.3 is 0 Å². The van der Waals surface area contributed by atoms with E-state index in [-0.39, 0.29) is 17.2 Å². The van der Waals surface area contributed by atoms with Crippen LogP contribution in [-0.4, -0.2) is 51.4 Å². The Morgan fingerprint density at radius 3 is 2.77 bits per heavy atom. The van der Waals surface area contributed by atoms with E-state index in [4.69, 9.17) is 14.5 Å². The number of carbonyl (C=O) groups excluding carboxylic acids is 1. The molecule has 2 aromatic heterocycles. The van der Waals surface area contributed by atoms with Gasteiger partial charge in [-0.25, -0.2) is 4.98 Å². The molecule has 31 heavy (non-hydrogen) atoms. The number of ether oxygens (including phenoxy) is 2. The first kappa shape index (κ1) is 21.7. The molecule has 4 rings (SSSR count). The number of benzene rings is 1. The van der Waals surface area contributed by atoms with Crippen molar-refractivity contribution in [3.8, 4) is 17.2 Å². The van der Waals surface area contributed by atoms with Crippen molar-refractivity contribution in [2.45, 2.75) is 23.4 Å². The molecule has 0 saturated heterocycles. The van der Waals surface area contributed by atoms with E-state index >= 15 is 0 Å². The number of amides is 1. The zero-order valence-electron chi connectivity index (χ0n) is 17.0. The fourth-order valence-electron chi connectivity index (χ4n) is 3.01. The molecule has 3 heterocycles. The van der Waals surface area contributed by atoms with Crippen molar-refractivity contribution in [3.05, 3.63) is 39.3 Å². The Morgan fingerprint density at radius 1 is 1.26 bits per heavy atom. The molecule has 1 aliphatic rings. The lowest BCUT2D eigenvalue weighted by Gasteiger charge is -2.15. The molecule has 1 N–H and O–H groups in total. The number of thioether (sulfide) groups is 2. The maximum Gasteiger partial charge on any atom is 0.272 e. The third-order valence-electron chi connectivity index (χ3n) is 4.40. The predicted molar refractivity (Wildman–Crippen MR) is 121 cm³/mol. The first-order chi connectivity index (χ1) is 15.0. The molecule has 0 unspecified atom stereocenters. The second kappa shape index (κ2) is 9.28. The summed E-state index contributed by atoms with van der Waals surface area (Å²) in [5.41, 5.74) is 1.21. The second-order valence-electron chi connectivity index (χ2n) is 6.41. The molecular weight excluding hydrogens is 458 g/mol. The SMILES string of the molecule is COc1ccc(-n2c(SCC(=O)Nc3nnc(C)s3)nc3c(c2=O)SCC3)cc1OC. The summed E-state index contributed by atoms with van der Waals surface area (Å²) in [6.07, 6.45) is 0.728. The van der Waals surface area contributed by atoms with Gasteiger partial charge in [0.2, 0.25) is 11.0 Å². The molecule has 1 aliphatic heterocycles. The standard InChI is InChI=1S/C19H19N5O4S3/c1-10-22-23-18(31-10)21-15(25)9-30-19-20-12-6-7-29-16(12)17(26)24(19)11-4-5-13(27-2)14(8-11)28-3/h4-5,8H,6-7,9H2,1-3H3,(H,21,23,25). The summed E-state index contributed by atoms with van der Waals surface area (Å²) in [6.45, 7) is 1.82. The van der Waals surface area contributed by atoms with Gasteiger partial charge < -0.3 is 9.47 Å². The highest BCUT2D eigenvalue weighted by Gasteiger charge is 2.23. The Kier molecular flexibility index (Phi) is 6.49. The number of carbonyl (C=O) groups is 1. The summed E-state index contributed by atoms with van der Waals surface area (Å²) in [4.78, 5) is 31.0. The van der Waals surface area contributed by atoms with Crippen LogP contribution in [0.15, 0.2) is 33.0 Å². The smallest absolute Gasteiger partial charge is 0.272 e. The molecule has 0 saturated carbocycles. The Hall–Kier alpha value is -2.57. The molecule has 0 radical (unpaired) electrons. The topological polar surface area (TPSA) is 108 Å². The number of anilines is 1. The highest BCUT2D eigenvalue weighted by molar-refractivity contribution is 8.00. The van der Waals surface area contributed by atoms with Gasteiger partial charge in [-0.15, -0.1) is 22.0 Å². The maximum atomic E-state index is 13.3. The molecule has 162 valence electrons. The summed E-state index contributed by atoms with van der Waals surface area (Å²) in [7, 11) is 3.09. The molecule has 1 amide bonds. The number of hydrogen-bond acceptors (Lipinski definition) is 10. The van der Waals surface area contributed by atoms with Crippen molar-refractivity contribution >= 4 is 45.9 Å². The van der Waals surface area contributed by atoms with E-state index in [1.165, 1.54) is 46.5 Å². The van der Waals surface area contributed by atoms with Crippen LogP contribution in [0.2, 0.25) is 0 Å². The van der Waals surface area contributed by atoms with Gasteiger partial charge in [0.25, 0.3) is 5.56 Å². The number of nitrogens with one attached hydrogen (secondary N) is 1. The zero-order chi connectivity index (χ0) is 22.0. The molecule has 0 atom stereocenters. The molecule has 9 nitrogen and oxygen atoms in total. The van der Waals surface area contributed by atoms with Gasteiger partial charge in [-0.3, -0.25) is 19.5 Å². The Balaban J connectivity index is 1.66. The number of aromatic nitrogens is 4. The lowest BCUT2D eigenvalue weighted by molar-refractivity contribution is -0.113. The van der Waals surface area contributed by atoms with Gasteiger partial charge in [0.1, 0.15) is 5.01 Å². The molecule has 1 aromatic carbocycles. The molecule has 3 aromatic rings. The van der Waals surface area contributed by atoms with Crippen LogP contribution < -0.4 is 20.3 Å². The highest BCUT2D eigenvalue weighted by Crippen LogP contribution is 2.33. The molecular formula is C19H19N5O4S3. The predicted octanol–water partition coefficient (Wildman–Crippen LogP) is 2.79. The average molecular weight is 478 g/mol. The Labute approximate surface area is 190 Å². The average Bonchev–Trinajstić information content (AvgIpc) is 3.40. The molecule has 0 spiro atoms. The fourth-order valence-corrected chi connectivity index (χ4v) is 5.47. The third kappa shape index (κ3) is 4.55. The van der Waals surface area contributed by atoms with Gasteiger partial charge in [-0.05, 0) is 19.1 Å². The van der Waals surface area contributed by atoms with Crippen LogP contribution in [0.5, 0.6) is 11.5 Å². The van der Waals surface area contributed by atoms with E-state index < -0.39 is 0 Å². The molecule has 0 fully saturated rings. The van der Waals surface area contributed by atoms with Crippen molar-refractivity contribution in [3.63, 3.8) is 0 Å². The third-order valence-corrected chi connectivity index (χ3v) is 7.20. The lowest BCUT2D eigenvalue weighted by atomic mass is 10.2. The van der Waals surface area contributed by atoms with Gasteiger partial charge in [0.15, 0.2) is 16.7 Å². The van der Waals surface area contributed by atoms with Crippen molar-refractivity contribution in [1.29, 1.82) is 0 Å². The molecule has 0 aliphatic carbocycles.